The van der Waals surface area contributed by atoms with Crippen LogP contribution in [0.2, 0.25) is 0 Å². The number of nitrogens with two attached hydrogens (primary N) is 1. The van der Waals surface area contributed by atoms with Crippen LogP contribution in [0.4, 0.5) is 5.69 Å². The van der Waals surface area contributed by atoms with E-state index in [4.69, 9.17) is 15.9 Å². The molecule has 1 aromatic carbocycles. The second kappa shape index (κ2) is 6.21. The molecule has 1 rings (SSSR count). The van der Waals surface area contributed by atoms with E-state index in [0.29, 0.717) is 0 Å². The predicted molar refractivity (Wildman–Crippen MR) is 73.8 cm³/mol. The maximum absolute atomic E-state index is 12.2. The van der Waals surface area contributed by atoms with Crippen molar-refractivity contribution in [3.05, 3.63) is 23.8 Å². The van der Waals surface area contributed by atoms with Gasteiger partial charge in [-0.05, 0) is 31.0 Å². The number of anilines is 1. The van der Waals surface area contributed by atoms with Crippen LogP contribution in [0.1, 0.15) is 24.2 Å². The van der Waals surface area contributed by atoms with Gasteiger partial charge in [0.1, 0.15) is 0 Å². The Kier molecular flexibility index (Phi) is 5.09. The number of aliphatic hydroxyl groups is 1. The molecule has 0 fully saturated rings. The molecule has 0 amide bonds. The van der Waals surface area contributed by atoms with Crippen molar-refractivity contribution >= 4 is 21.7 Å². The molecule has 1 aromatic rings. The van der Waals surface area contributed by atoms with Gasteiger partial charge in [0.25, 0.3) is 0 Å². The number of benzene rings is 1. The highest BCUT2D eigenvalue weighted by atomic mass is 32.2. The van der Waals surface area contributed by atoms with Crippen molar-refractivity contribution in [2.75, 3.05) is 12.3 Å². The van der Waals surface area contributed by atoms with Crippen molar-refractivity contribution in [3.63, 3.8) is 0 Å². The molecule has 0 saturated carbocycles. The standard InChI is InChI=1S/C12H18N2O5S/c1-7(6-15)8(2)14-20(18,19)11-4-3-9(13)5-10(11)12(16)17/h3-5,7-8,14-15H,6,13H2,1-2H3,(H,16,17). The minimum absolute atomic E-state index is 0.165. The van der Waals surface area contributed by atoms with Gasteiger partial charge in [-0.3, -0.25) is 0 Å². The third-order valence-corrected chi connectivity index (χ3v) is 4.62. The van der Waals surface area contributed by atoms with Crippen LogP contribution < -0.4 is 10.5 Å². The molecule has 0 aliphatic carbocycles. The normalized spacial score (nSPS) is 14.8. The van der Waals surface area contributed by atoms with Gasteiger partial charge in [-0.15, -0.1) is 0 Å². The maximum atomic E-state index is 12.2. The van der Waals surface area contributed by atoms with E-state index in [1.54, 1.807) is 13.8 Å². The lowest BCUT2D eigenvalue weighted by molar-refractivity contribution is 0.0692. The third kappa shape index (κ3) is 3.69. The Morgan fingerprint density at radius 3 is 2.50 bits per heavy atom. The molecular weight excluding hydrogens is 284 g/mol. The van der Waals surface area contributed by atoms with Crippen LogP contribution in [0.15, 0.2) is 23.1 Å². The summed E-state index contributed by atoms with van der Waals surface area (Å²) < 4.78 is 26.8. The van der Waals surface area contributed by atoms with Crippen molar-refractivity contribution in [1.29, 1.82) is 0 Å². The van der Waals surface area contributed by atoms with E-state index in [0.717, 1.165) is 12.1 Å². The molecular formula is C12H18N2O5S. The third-order valence-electron chi connectivity index (χ3n) is 3.01. The first-order valence-corrected chi connectivity index (χ1v) is 7.43. The summed E-state index contributed by atoms with van der Waals surface area (Å²) in [6.45, 7) is 3.08. The lowest BCUT2D eigenvalue weighted by Crippen LogP contribution is -2.38. The Hall–Kier alpha value is -1.64. The first-order valence-electron chi connectivity index (χ1n) is 5.95. The Balaban J connectivity index is 3.19. The molecule has 0 heterocycles. The summed E-state index contributed by atoms with van der Waals surface area (Å²) in [6.07, 6.45) is 0. The fourth-order valence-corrected chi connectivity index (χ4v) is 3.06. The smallest absolute Gasteiger partial charge is 0.337 e. The van der Waals surface area contributed by atoms with Crippen LogP contribution in [0.3, 0.4) is 0 Å². The zero-order valence-electron chi connectivity index (χ0n) is 11.2. The number of carbonyl (C=O) groups is 1. The molecule has 0 radical (unpaired) electrons. The molecule has 0 bridgehead atoms. The van der Waals surface area contributed by atoms with E-state index in [9.17, 15) is 13.2 Å². The zero-order valence-corrected chi connectivity index (χ0v) is 12.0. The van der Waals surface area contributed by atoms with Crippen LogP contribution in [-0.2, 0) is 10.0 Å². The minimum Gasteiger partial charge on any atom is -0.478 e. The molecule has 7 nitrogen and oxygen atoms in total. The fourth-order valence-electron chi connectivity index (χ4n) is 1.53. The Morgan fingerprint density at radius 1 is 1.40 bits per heavy atom. The summed E-state index contributed by atoms with van der Waals surface area (Å²) in [4.78, 5) is 10.8. The van der Waals surface area contributed by atoms with Crippen LogP contribution in [-0.4, -0.2) is 37.2 Å². The number of rotatable bonds is 6. The van der Waals surface area contributed by atoms with Crippen LogP contribution in [0.25, 0.3) is 0 Å². The van der Waals surface area contributed by atoms with Crippen molar-refractivity contribution in [3.8, 4) is 0 Å². The van der Waals surface area contributed by atoms with Gasteiger partial charge in [-0.2, -0.15) is 0 Å². The monoisotopic (exact) mass is 302 g/mol. The van der Waals surface area contributed by atoms with Gasteiger partial charge in [0.2, 0.25) is 10.0 Å². The predicted octanol–water partition coefficient (Wildman–Crippen LogP) is 0.262. The van der Waals surface area contributed by atoms with Gasteiger partial charge in [0, 0.05) is 18.3 Å². The number of carboxylic acid groups (broad SMARTS) is 1. The van der Waals surface area contributed by atoms with E-state index >= 15 is 0 Å². The van der Waals surface area contributed by atoms with Gasteiger partial charge in [-0.25, -0.2) is 17.9 Å². The van der Waals surface area contributed by atoms with Gasteiger partial charge in [-0.1, -0.05) is 6.92 Å². The first kappa shape index (κ1) is 16.4. The molecule has 0 aliphatic rings. The molecule has 2 unspecified atom stereocenters. The van der Waals surface area contributed by atoms with Crippen molar-refractivity contribution in [2.24, 2.45) is 5.92 Å². The molecule has 0 aromatic heterocycles. The first-order chi connectivity index (χ1) is 9.19. The van der Waals surface area contributed by atoms with Crippen molar-refractivity contribution in [1.82, 2.24) is 4.72 Å². The SMILES string of the molecule is CC(CO)C(C)NS(=O)(=O)c1ccc(N)cc1C(=O)O. The van der Waals surface area contributed by atoms with Gasteiger partial charge < -0.3 is 15.9 Å². The number of nitrogen functional groups attached to an aromatic ring is 1. The number of sulfonamides is 1. The highest BCUT2D eigenvalue weighted by molar-refractivity contribution is 7.89. The maximum Gasteiger partial charge on any atom is 0.337 e. The number of carboxylic acids is 1. The summed E-state index contributed by atoms with van der Waals surface area (Å²) in [5.74, 6) is -1.67. The number of nitrogens with one attached hydrogen (secondary N) is 1. The van der Waals surface area contributed by atoms with Gasteiger partial charge in [0.05, 0.1) is 10.5 Å². The zero-order chi connectivity index (χ0) is 15.5. The van der Waals surface area contributed by atoms with Crippen LogP contribution in [0.5, 0.6) is 0 Å². The molecule has 20 heavy (non-hydrogen) atoms. The molecule has 112 valence electrons. The van der Waals surface area contributed by atoms with Crippen molar-refractivity contribution in [2.45, 2.75) is 24.8 Å². The lowest BCUT2D eigenvalue weighted by atomic mass is 10.1. The number of aromatic carboxylic acids is 1. The van der Waals surface area contributed by atoms with E-state index in [1.807, 2.05) is 0 Å². The summed E-state index contributed by atoms with van der Waals surface area (Å²) in [5.41, 5.74) is 5.25. The minimum atomic E-state index is -4.00. The molecule has 0 saturated heterocycles. The van der Waals surface area contributed by atoms with E-state index in [-0.39, 0.29) is 28.7 Å². The van der Waals surface area contributed by atoms with E-state index in [2.05, 4.69) is 4.72 Å². The average Bonchev–Trinajstić information content (AvgIpc) is 2.36. The molecule has 8 heteroatoms. The van der Waals surface area contributed by atoms with Gasteiger partial charge in [0.15, 0.2) is 0 Å². The molecule has 5 N–H and O–H groups in total. The number of aliphatic hydroxyl groups excluding tert-OH is 1. The van der Waals surface area contributed by atoms with Gasteiger partial charge >= 0.3 is 5.97 Å². The van der Waals surface area contributed by atoms with E-state index in [1.165, 1.54) is 6.07 Å². The quantitative estimate of drug-likeness (QED) is 0.558. The summed E-state index contributed by atoms with van der Waals surface area (Å²) in [7, 11) is -4.00. The number of hydrogen-bond acceptors (Lipinski definition) is 5. The van der Waals surface area contributed by atoms with E-state index < -0.39 is 22.0 Å². The molecule has 2 atom stereocenters. The summed E-state index contributed by atoms with van der Waals surface area (Å²) in [6, 6.07) is 3.03. The second-order valence-corrected chi connectivity index (χ2v) is 6.31. The highest BCUT2D eigenvalue weighted by Crippen LogP contribution is 2.20. The largest absolute Gasteiger partial charge is 0.478 e. The van der Waals surface area contributed by atoms with Crippen LogP contribution in [0, 0.1) is 5.92 Å². The summed E-state index contributed by atoms with van der Waals surface area (Å²) in [5, 5.41) is 18.1. The molecule has 0 aliphatic heterocycles. The Morgan fingerprint density at radius 2 is 2.00 bits per heavy atom. The Labute approximate surface area is 117 Å². The Bertz CT molecular complexity index is 600. The lowest BCUT2D eigenvalue weighted by Gasteiger charge is -2.20. The number of hydrogen-bond donors (Lipinski definition) is 4. The summed E-state index contributed by atoms with van der Waals surface area (Å²) >= 11 is 0. The van der Waals surface area contributed by atoms with Crippen molar-refractivity contribution < 1.29 is 23.4 Å². The average molecular weight is 302 g/mol. The topological polar surface area (TPSA) is 130 Å². The highest BCUT2D eigenvalue weighted by Gasteiger charge is 2.25. The molecule has 0 spiro atoms. The second-order valence-electron chi connectivity index (χ2n) is 4.63. The fraction of sp³-hybridized carbons (Fsp3) is 0.417. The van der Waals surface area contributed by atoms with Crippen LogP contribution >= 0.6 is 0 Å².